The van der Waals surface area contributed by atoms with Gasteiger partial charge in [0, 0.05) is 24.4 Å². The summed E-state index contributed by atoms with van der Waals surface area (Å²) in [6.45, 7) is 3.28. The second-order valence-electron chi connectivity index (χ2n) is 5.12. The largest absolute Gasteiger partial charge is 0.493 e. The average Bonchev–Trinajstić information content (AvgIpc) is 2.58. The molecule has 2 aromatic rings. The van der Waals surface area contributed by atoms with Crippen LogP contribution >= 0.6 is 22.6 Å². The Bertz CT molecular complexity index is 704. The zero-order chi connectivity index (χ0) is 17.5. The SMILES string of the molecule is CCCOc1c(I)cc(CNc2ccc([N+](=O)[O-])cc2)cc1OC. The maximum absolute atomic E-state index is 10.7. The lowest BCUT2D eigenvalue weighted by molar-refractivity contribution is -0.384. The van der Waals surface area contributed by atoms with Crippen LogP contribution < -0.4 is 14.8 Å². The van der Waals surface area contributed by atoms with E-state index in [0.717, 1.165) is 27.0 Å². The lowest BCUT2D eigenvalue weighted by atomic mass is 10.2. The van der Waals surface area contributed by atoms with Gasteiger partial charge in [-0.3, -0.25) is 10.1 Å². The Morgan fingerprint density at radius 3 is 2.54 bits per heavy atom. The van der Waals surface area contributed by atoms with Crippen LogP contribution in [0.4, 0.5) is 11.4 Å². The molecule has 2 aromatic carbocycles. The minimum Gasteiger partial charge on any atom is -0.493 e. The van der Waals surface area contributed by atoms with Gasteiger partial charge in [-0.25, -0.2) is 0 Å². The fourth-order valence-electron chi connectivity index (χ4n) is 2.12. The van der Waals surface area contributed by atoms with Gasteiger partial charge in [-0.05, 0) is 58.8 Å². The third-order valence-electron chi connectivity index (χ3n) is 3.31. The van der Waals surface area contributed by atoms with Crippen molar-refractivity contribution in [2.75, 3.05) is 19.0 Å². The van der Waals surface area contributed by atoms with Gasteiger partial charge in [-0.15, -0.1) is 0 Å². The van der Waals surface area contributed by atoms with E-state index in [-0.39, 0.29) is 5.69 Å². The van der Waals surface area contributed by atoms with Crippen LogP contribution in [0.1, 0.15) is 18.9 Å². The highest BCUT2D eigenvalue weighted by Gasteiger charge is 2.11. The molecule has 0 radical (unpaired) electrons. The van der Waals surface area contributed by atoms with Crippen LogP contribution in [0.2, 0.25) is 0 Å². The van der Waals surface area contributed by atoms with E-state index in [9.17, 15) is 10.1 Å². The Labute approximate surface area is 154 Å². The topological polar surface area (TPSA) is 73.6 Å². The molecule has 0 heterocycles. The van der Waals surface area contributed by atoms with Crippen molar-refractivity contribution in [2.24, 2.45) is 0 Å². The summed E-state index contributed by atoms with van der Waals surface area (Å²) in [7, 11) is 1.62. The van der Waals surface area contributed by atoms with Crippen molar-refractivity contribution >= 4 is 34.0 Å². The summed E-state index contributed by atoms with van der Waals surface area (Å²) < 4.78 is 12.2. The predicted octanol–water partition coefficient (Wildman–Crippen LogP) is 4.61. The quantitative estimate of drug-likeness (QED) is 0.367. The summed E-state index contributed by atoms with van der Waals surface area (Å²) in [6.07, 6.45) is 0.933. The number of nitrogens with zero attached hydrogens (tertiary/aromatic N) is 1. The van der Waals surface area contributed by atoms with E-state index >= 15 is 0 Å². The minimum atomic E-state index is -0.411. The van der Waals surface area contributed by atoms with E-state index in [1.165, 1.54) is 12.1 Å². The lowest BCUT2D eigenvalue weighted by Gasteiger charge is -2.14. The van der Waals surface area contributed by atoms with Gasteiger partial charge in [0.15, 0.2) is 11.5 Å². The van der Waals surface area contributed by atoms with Crippen molar-refractivity contribution < 1.29 is 14.4 Å². The van der Waals surface area contributed by atoms with Crippen LogP contribution in [0.15, 0.2) is 36.4 Å². The number of non-ortho nitro benzene ring substituents is 1. The first kappa shape index (κ1) is 18.3. The van der Waals surface area contributed by atoms with Crippen molar-refractivity contribution in [1.29, 1.82) is 0 Å². The van der Waals surface area contributed by atoms with Crippen LogP contribution in [0.3, 0.4) is 0 Å². The molecule has 2 rings (SSSR count). The van der Waals surface area contributed by atoms with Crippen LogP contribution in [-0.2, 0) is 6.54 Å². The second kappa shape index (κ2) is 8.72. The highest BCUT2D eigenvalue weighted by Crippen LogP contribution is 2.34. The summed E-state index contributed by atoms with van der Waals surface area (Å²) in [5.74, 6) is 1.47. The molecule has 0 aliphatic rings. The van der Waals surface area contributed by atoms with E-state index in [0.29, 0.717) is 18.9 Å². The number of anilines is 1. The molecule has 6 nitrogen and oxygen atoms in total. The molecule has 1 N–H and O–H groups in total. The maximum atomic E-state index is 10.7. The number of halogens is 1. The molecule has 24 heavy (non-hydrogen) atoms. The van der Waals surface area contributed by atoms with Crippen LogP contribution in [0.5, 0.6) is 11.5 Å². The highest BCUT2D eigenvalue weighted by molar-refractivity contribution is 14.1. The fourth-order valence-corrected chi connectivity index (χ4v) is 2.95. The standard InChI is InChI=1S/C17H19IN2O4/c1-3-8-24-17-15(18)9-12(10-16(17)23-2)11-19-13-4-6-14(7-5-13)20(21)22/h4-7,9-10,19H,3,8,11H2,1-2H3. The molecule has 0 aliphatic heterocycles. The third kappa shape index (κ3) is 4.73. The Morgan fingerprint density at radius 1 is 1.25 bits per heavy atom. The van der Waals surface area contributed by atoms with E-state index in [4.69, 9.17) is 9.47 Å². The molecule has 0 saturated carbocycles. The molecule has 0 saturated heterocycles. The summed E-state index contributed by atoms with van der Waals surface area (Å²) in [5.41, 5.74) is 1.94. The van der Waals surface area contributed by atoms with Crippen molar-refractivity contribution in [2.45, 2.75) is 19.9 Å². The first-order valence-electron chi connectivity index (χ1n) is 7.52. The van der Waals surface area contributed by atoms with Gasteiger partial charge in [0.1, 0.15) is 0 Å². The van der Waals surface area contributed by atoms with Crippen LogP contribution in [0.25, 0.3) is 0 Å². The molecular weight excluding hydrogens is 423 g/mol. The van der Waals surface area contributed by atoms with E-state index < -0.39 is 4.92 Å². The lowest BCUT2D eigenvalue weighted by Crippen LogP contribution is -2.04. The number of rotatable bonds is 8. The molecule has 0 spiro atoms. The molecule has 0 unspecified atom stereocenters. The zero-order valence-electron chi connectivity index (χ0n) is 13.5. The number of nitrogens with one attached hydrogen (secondary N) is 1. The Kier molecular flexibility index (Phi) is 6.65. The third-order valence-corrected chi connectivity index (χ3v) is 4.12. The fraction of sp³-hybridized carbons (Fsp3) is 0.294. The van der Waals surface area contributed by atoms with Gasteiger partial charge in [-0.2, -0.15) is 0 Å². The predicted molar refractivity (Wildman–Crippen MR) is 102 cm³/mol. The Balaban J connectivity index is 2.09. The number of ether oxygens (including phenoxy) is 2. The maximum Gasteiger partial charge on any atom is 0.269 e. The van der Waals surface area contributed by atoms with Crippen molar-refractivity contribution in [3.63, 3.8) is 0 Å². The molecule has 0 fully saturated rings. The van der Waals surface area contributed by atoms with Gasteiger partial charge < -0.3 is 14.8 Å². The number of hydrogen-bond donors (Lipinski definition) is 1. The van der Waals surface area contributed by atoms with E-state index in [2.05, 4.69) is 34.8 Å². The summed E-state index contributed by atoms with van der Waals surface area (Å²) in [5, 5.41) is 13.9. The number of methoxy groups -OCH3 is 1. The molecule has 0 bridgehead atoms. The van der Waals surface area contributed by atoms with Crippen molar-refractivity contribution in [3.05, 3.63) is 55.6 Å². The van der Waals surface area contributed by atoms with Crippen molar-refractivity contribution in [1.82, 2.24) is 0 Å². The van der Waals surface area contributed by atoms with Gasteiger partial charge >= 0.3 is 0 Å². The van der Waals surface area contributed by atoms with Crippen LogP contribution in [-0.4, -0.2) is 18.6 Å². The first-order valence-corrected chi connectivity index (χ1v) is 8.60. The summed E-state index contributed by atoms with van der Waals surface area (Å²) in [4.78, 5) is 10.3. The first-order chi connectivity index (χ1) is 11.5. The molecule has 7 heteroatoms. The minimum absolute atomic E-state index is 0.0780. The monoisotopic (exact) mass is 442 g/mol. The van der Waals surface area contributed by atoms with Crippen molar-refractivity contribution in [3.8, 4) is 11.5 Å². The average molecular weight is 442 g/mol. The van der Waals surface area contributed by atoms with Gasteiger partial charge in [0.25, 0.3) is 5.69 Å². The highest BCUT2D eigenvalue weighted by atomic mass is 127. The number of hydrogen-bond acceptors (Lipinski definition) is 5. The molecule has 0 aliphatic carbocycles. The van der Waals surface area contributed by atoms with E-state index in [1.54, 1.807) is 19.2 Å². The summed E-state index contributed by atoms with van der Waals surface area (Å²) >= 11 is 2.23. The van der Waals surface area contributed by atoms with Gasteiger partial charge in [0.2, 0.25) is 0 Å². The smallest absolute Gasteiger partial charge is 0.269 e. The zero-order valence-corrected chi connectivity index (χ0v) is 15.7. The number of benzene rings is 2. The van der Waals surface area contributed by atoms with Gasteiger partial charge in [0.05, 0.1) is 22.2 Å². The summed E-state index contributed by atoms with van der Waals surface area (Å²) in [6, 6.07) is 10.3. The molecular formula is C17H19IN2O4. The molecule has 0 atom stereocenters. The number of nitro groups is 1. The van der Waals surface area contributed by atoms with Gasteiger partial charge in [-0.1, -0.05) is 6.92 Å². The van der Waals surface area contributed by atoms with E-state index in [1.807, 2.05) is 12.1 Å². The Morgan fingerprint density at radius 2 is 1.96 bits per heavy atom. The number of nitro benzene ring substituents is 1. The molecule has 128 valence electrons. The molecule has 0 aromatic heterocycles. The normalized spacial score (nSPS) is 10.3. The second-order valence-corrected chi connectivity index (χ2v) is 6.28. The van der Waals surface area contributed by atoms with Crippen LogP contribution in [0, 0.1) is 13.7 Å². The molecule has 0 amide bonds. The Hall–Kier alpha value is -2.03.